The highest BCUT2D eigenvalue weighted by Crippen LogP contribution is 2.26. The zero-order valence-corrected chi connectivity index (χ0v) is 13.4. The number of nitrogens with one attached hydrogen (secondary N) is 1. The quantitative estimate of drug-likeness (QED) is 0.937. The van der Waals surface area contributed by atoms with Gasteiger partial charge in [-0.1, -0.05) is 0 Å². The van der Waals surface area contributed by atoms with Gasteiger partial charge in [-0.3, -0.25) is 14.9 Å². The van der Waals surface area contributed by atoms with Crippen LogP contribution in [0.3, 0.4) is 0 Å². The van der Waals surface area contributed by atoms with E-state index in [-0.39, 0.29) is 36.5 Å². The number of nitrogens with zero attached hydrogens (tertiary/aromatic N) is 3. The van der Waals surface area contributed by atoms with Gasteiger partial charge < -0.3 is 4.90 Å². The average molecular weight is 328 g/mol. The molecule has 6 nitrogen and oxygen atoms in total. The third-order valence-corrected chi connectivity index (χ3v) is 3.85. The van der Waals surface area contributed by atoms with E-state index >= 15 is 0 Å². The van der Waals surface area contributed by atoms with E-state index in [2.05, 4.69) is 15.3 Å². The number of amides is 2. The Morgan fingerprint density at radius 2 is 1.83 bits per heavy atom. The minimum absolute atomic E-state index is 0.105. The number of benzene rings is 1. The molecule has 124 valence electrons. The number of halogens is 1. The fourth-order valence-electron chi connectivity index (χ4n) is 2.75. The van der Waals surface area contributed by atoms with Gasteiger partial charge in [-0.25, -0.2) is 14.4 Å². The molecule has 0 unspecified atom stereocenters. The van der Waals surface area contributed by atoms with Crippen LogP contribution in [0, 0.1) is 25.6 Å². The third-order valence-electron chi connectivity index (χ3n) is 3.85. The van der Waals surface area contributed by atoms with Crippen LogP contribution in [0.25, 0.3) is 0 Å². The summed E-state index contributed by atoms with van der Waals surface area (Å²) in [6.45, 7) is 3.89. The standard InChI is InChI=1S/C17H17FN4O2/c1-10-7-11(2)20-17(19-10)21-16(24)12-8-15(23)22(9-12)14-5-3-13(18)4-6-14/h3-7,12H,8-9H2,1-2H3,(H,19,20,21,24)/t12-/m1/s1. The third kappa shape index (κ3) is 3.40. The van der Waals surface area contributed by atoms with Crippen molar-refractivity contribution in [2.75, 3.05) is 16.8 Å². The van der Waals surface area contributed by atoms with Gasteiger partial charge in [-0.15, -0.1) is 0 Å². The van der Waals surface area contributed by atoms with E-state index in [1.165, 1.54) is 29.2 Å². The SMILES string of the molecule is Cc1cc(C)nc(NC(=O)[C@@H]2CC(=O)N(c3ccc(F)cc3)C2)n1. The summed E-state index contributed by atoms with van der Waals surface area (Å²) in [5, 5.41) is 2.67. The molecule has 2 amide bonds. The maximum Gasteiger partial charge on any atom is 0.232 e. The lowest BCUT2D eigenvalue weighted by molar-refractivity contribution is -0.122. The molecule has 1 aliphatic rings. The topological polar surface area (TPSA) is 75.2 Å². The molecule has 0 saturated carbocycles. The van der Waals surface area contributed by atoms with Crippen LogP contribution in [0.1, 0.15) is 17.8 Å². The smallest absolute Gasteiger partial charge is 0.232 e. The maximum absolute atomic E-state index is 13.0. The lowest BCUT2D eigenvalue weighted by Crippen LogP contribution is -2.28. The zero-order valence-electron chi connectivity index (χ0n) is 13.4. The molecule has 1 aromatic carbocycles. The molecule has 2 aromatic rings. The summed E-state index contributed by atoms with van der Waals surface area (Å²) in [4.78, 5) is 34.4. The molecular formula is C17H17FN4O2. The molecule has 2 heterocycles. The lowest BCUT2D eigenvalue weighted by Gasteiger charge is -2.16. The van der Waals surface area contributed by atoms with E-state index in [9.17, 15) is 14.0 Å². The molecule has 1 aromatic heterocycles. The highest BCUT2D eigenvalue weighted by Gasteiger charge is 2.35. The normalized spacial score (nSPS) is 17.2. The molecule has 0 radical (unpaired) electrons. The fourth-order valence-corrected chi connectivity index (χ4v) is 2.75. The first kappa shape index (κ1) is 16.0. The molecule has 0 bridgehead atoms. The number of aromatic nitrogens is 2. The second-order valence-corrected chi connectivity index (χ2v) is 5.85. The highest BCUT2D eigenvalue weighted by atomic mass is 19.1. The van der Waals surface area contributed by atoms with Crippen LogP contribution >= 0.6 is 0 Å². The van der Waals surface area contributed by atoms with Gasteiger partial charge in [0.05, 0.1) is 5.92 Å². The van der Waals surface area contributed by atoms with Gasteiger partial charge in [-0.2, -0.15) is 0 Å². The molecule has 24 heavy (non-hydrogen) atoms. The second-order valence-electron chi connectivity index (χ2n) is 5.85. The van der Waals surface area contributed by atoms with E-state index in [4.69, 9.17) is 0 Å². The lowest BCUT2D eigenvalue weighted by atomic mass is 10.1. The molecule has 1 fully saturated rings. The van der Waals surface area contributed by atoms with Gasteiger partial charge in [-0.05, 0) is 44.2 Å². The Morgan fingerprint density at radius 3 is 2.46 bits per heavy atom. The van der Waals surface area contributed by atoms with Crippen molar-refractivity contribution in [3.63, 3.8) is 0 Å². The zero-order chi connectivity index (χ0) is 17.3. The van der Waals surface area contributed by atoms with Crippen LogP contribution in [0.4, 0.5) is 16.0 Å². The van der Waals surface area contributed by atoms with Crippen LogP contribution in [-0.4, -0.2) is 28.3 Å². The number of hydrogen-bond donors (Lipinski definition) is 1. The monoisotopic (exact) mass is 328 g/mol. The van der Waals surface area contributed by atoms with Crippen molar-refractivity contribution < 1.29 is 14.0 Å². The predicted octanol–water partition coefficient (Wildman–Crippen LogP) is 2.22. The molecule has 0 spiro atoms. The minimum Gasteiger partial charge on any atom is -0.312 e. The Hall–Kier alpha value is -2.83. The number of aryl methyl sites for hydroxylation is 2. The van der Waals surface area contributed by atoms with Gasteiger partial charge >= 0.3 is 0 Å². The summed E-state index contributed by atoms with van der Waals surface area (Å²) in [7, 11) is 0. The summed E-state index contributed by atoms with van der Waals surface area (Å²) in [6.07, 6.45) is 0.105. The van der Waals surface area contributed by atoms with Crippen LogP contribution in [0.5, 0.6) is 0 Å². The van der Waals surface area contributed by atoms with E-state index in [1.54, 1.807) is 0 Å². The second kappa shape index (κ2) is 6.35. The Morgan fingerprint density at radius 1 is 1.21 bits per heavy atom. The summed E-state index contributed by atoms with van der Waals surface area (Å²) < 4.78 is 13.0. The van der Waals surface area contributed by atoms with E-state index in [0.717, 1.165) is 11.4 Å². The number of carbonyl (C=O) groups is 2. The van der Waals surface area contributed by atoms with Crippen molar-refractivity contribution in [1.82, 2.24) is 9.97 Å². The summed E-state index contributed by atoms with van der Waals surface area (Å²) in [6, 6.07) is 7.45. The Kier molecular flexibility index (Phi) is 4.24. The first-order chi connectivity index (χ1) is 11.4. The van der Waals surface area contributed by atoms with E-state index in [0.29, 0.717) is 5.69 Å². The molecular weight excluding hydrogens is 311 g/mol. The Labute approximate surface area is 138 Å². The largest absolute Gasteiger partial charge is 0.312 e. The Balaban J connectivity index is 1.70. The fraction of sp³-hybridized carbons (Fsp3) is 0.294. The number of rotatable bonds is 3. The number of anilines is 2. The Bertz CT molecular complexity index is 771. The van der Waals surface area contributed by atoms with Crippen molar-refractivity contribution in [1.29, 1.82) is 0 Å². The van der Waals surface area contributed by atoms with Crippen molar-refractivity contribution >= 4 is 23.5 Å². The molecule has 0 aliphatic carbocycles. The summed E-state index contributed by atoms with van der Waals surface area (Å²) >= 11 is 0. The van der Waals surface area contributed by atoms with Gasteiger partial charge in [0.25, 0.3) is 0 Å². The van der Waals surface area contributed by atoms with Crippen LogP contribution < -0.4 is 10.2 Å². The van der Waals surface area contributed by atoms with Gasteiger partial charge in [0.1, 0.15) is 5.82 Å². The molecule has 3 rings (SSSR count). The maximum atomic E-state index is 13.0. The number of hydrogen-bond acceptors (Lipinski definition) is 4. The molecule has 1 atom stereocenters. The average Bonchev–Trinajstić information content (AvgIpc) is 2.89. The highest BCUT2D eigenvalue weighted by molar-refractivity contribution is 6.03. The van der Waals surface area contributed by atoms with Gasteiger partial charge in [0.15, 0.2) is 0 Å². The summed E-state index contributed by atoms with van der Waals surface area (Å²) in [5.41, 5.74) is 2.10. The molecule has 7 heteroatoms. The molecule has 1 aliphatic heterocycles. The molecule has 1 saturated heterocycles. The van der Waals surface area contributed by atoms with Crippen molar-refractivity contribution in [3.8, 4) is 0 Å². The van der Waals surface area contributed by atoms with Crippen molar-refractivity contribution in [3.05, 3.63) is 47.5 Å². The van der Waals surface area contributed by atoms with Crippen molar-refractivity contribution in [2.24, 2.45) is 5.92 Å². The van der Waals surface area contributed by atoms with Crippen molar-refractivity contribution in [2.45, 2.75) is 20.3 Å². The van der Waals surface area contributed by atoms with Crippen LogP contribution in [0.15, 0.2) is 30.3 Å². The van der Waals surface area contributed by atoms with Crippen LogP contribution in [0.2, 0.25) is 0 Å². The van der Waals surface area contributed by atoms with Gasteiger partial charge in [0, 0.05) is 30.0 Å². The first-order valence-corrected chi connectivity index (χ1v) is 7.61. The number of carbonyl (C=O) groups excluding carboxylic acids is 2. The van der Waals surface area contributed by atoms with Gasteiger partial charge in [0.2, 0.25) is 17.8 Å². The predicted molar refractivity (Wildman–Crippen MR) is 87.0 cm³/mol. The van der Waals surface area contributed by atoms with E-state index < -0.39 is 5.92 Å². The first-order valence-electron chi connectivity index (χ1n) is 7.61. The summed E-state index contributed by atoms with van der Waals surface area (Å²) in [5.74, 6) is -1.08. The van der Waals surface area contributed by atoms with Crippen LogP contribution in [-0.2, 0) is 9.59 Å². The molecule has 1 N–H and O–H groups in total. The van der Waals surface area contributed by atoms with E-state index in [1.807, 2.05) is 19.9 Å². The minimum atomic E-state index is -0.494.